The highest BCUT2D eigenvalue weighted by Gasteiger charge is 2.08. The van der Waals surface area contributed by atoms with Gasteiger partial charge in [-0.2, -0.15) is 10.7 Å². The molecular weight excluding hydrogens is 171 g/mol. The summed E-state index contributed by atoms with van der Waals surface area (Å²) in [4.78, 5) is 0. The second-order valence-electron chi connectivity index (χ2n) is 2.40. The van der Waals surface area contributed by atoms with Crippen molar-refractivity contribution in [2.24, 2.45) is 5.10 Å². The van der Waals surface area contributed by atoms with Crippen LogP contribution in [0.3, 0.4) is 0 Å². The fourth-order valence-electron chi connectivity index (χ4n) is 0.858. The molecule has 0 bridgehead atoms. The van der Waals surface area contributed by atoms with Gasteiger partial charge < -0.3 is 10.0 Å². The molecule has 0 aliphatic carbocycles. The van der Waals surface area contributed by atoms with Crippen molar-refractivity contribution in [3.63, 3.8) is 0 Å². The SMILES string of the molecule is ONN=Cc1ccc(B(O)O)cc1. The quantitative estimate of drug-likeness (QED) is 0.264. The number of nitrogens with one attached hydrogen (secondary N) is 1. The van der Waals surface area contributed by atoms with Crippen LogP contribution in [-0.4, -0.2) is 28.6 Å². The van der Waals surface area contributed by atoms with Gasteiger partial charge in [-0.3, -0.25) is 5.21 Å². The Morgan fingerprint density at radius 2 is 1.85 bits per heavy atom. The van der Waals surface area contributed by atoms with Crippen LogP contribution < -0.4 is 11.1 Å². The molecule has 1 rings (SSSR count). The van der Waals surface area contributed by atoms with Gasteiger partial charge in [-0.05, 0) is 11.0 Å². The van der Waals surface area contributed by atoms with E-state index in [1.807, 2.05) is 0 Å². The Kier molecular flexibility index (Phi) is 3.45. The number of benzene rings is 1. The topological polar surface area (TPSA) is 85.1 Å². The van der Waals surface area contributed by atoms with Gasteiger partial charge >= 0.3 is 7.12 Å². The lowest BCUT2D eigenvalue weighted by Gasteiger charge is -1.98. The lowest BCUT2D eigenvalue weighted by atomic mass is 9.80. The van der Waals surface area contributed by atoms with Crippen LogP contribution in [0.4, 0.5) is 0 Å². The predicted molar refractivity (Wildman–Crippen MR) is 48.8 cm³/mol. The molecule has 0 unspecified atom stereocenters. The zero-order valence-electron chi connectivity index (χ0n) is 6.75. The molecule has 0 amide bonds. The fraction of sp³-hybridized carbons (Fsp3) is 0. The van der Waals surface area contributed by atoms with E-state index in [0.29, 0.717) is 5.46 Å². The van der Waals surface area contributed by atoms with E-state index < -0.39 is 7.12 Å². The van der Waals surface area contributed by atoms with Crippen molar-refractivity contribution < 1.29 is 15.3 Å². The molecule has 5 nitrogen and oxygen atoms in total. The molecule has 1 aromatic carbocycles. The van der Waals surface area contributed by atoms with Crippen molar-refractivity contribution in [2.45, 2.75) is 0 Å². The number of hydrazone groups is 1. The largest absolute Gasteiger partial charge is 0.488 e. The van der Waals surface area contributed by atoms with E-state index in [-0.39, 0.29) is 0 Å². The van der Waals surface area contributed by atoms with E-state index >= 15 is 0 Å². The highest BCUT2D eigenvalue weighted by Crippen LogP contribution is 1.92. The van der Waals surface area contributed by atoms with E-state index in [4.69, 9.17) is 15.3 Å². The molecule has 13 heavy (non-hydrogen) atoms. The third-order valence-corrected chi connectivity index (χ3v) is 1.51. The molecule has 0 spiro atoms. The fourth-order valence-corrected chi connectivity index (χ4v) is 0.858. The van der Waals surface area contributed by atoms with Crippen LogP contribution in [0.25, 0.3) is 0 Å². The molecular formula is C7H9BN2O3. The van der Waals surface area contributed by atoms with Crippen molar-refractivity contribution in [1.82, 2.24) is 5.59 Å². The van der Waals surface area contributed by atoms with Crippen molar-refractivity contribution in [3.05, 3.63) is 29.8 Å². The smallest absolute Gasteiger partial charge is 0.423 e. The van der Waals surface area contributed by atoms with E-state index in [0.717, 1.165) is 5.56 Å². The molecule has 0 saturated heterocycles. The summed E-state index contributed by atoms with van der Waals surface area (Å²) < 4.78 is 0. The number of rotatable bonds is 3. The first-order valence-electron chi connectivity index (χ1n) is 3.62. The zero-order valence-corrected chi connectivity index (χ0v) is 6.75. The first kappa shape index (κ1) is 9.72. The first-order valence-corrected chi connectivity index (χ1v) is 3.62. The number of hydrogen-bond acceptors (Lipinski definition) is 5. The minimum absolute atomic E-state index is 0.411. The van der Waals surface area contributed by atoms with Crippen molar-refractivity contribution in [2.75, 3.05) is 0 Å². The Morgan fingerprint density at radius 3 is 2.31 bits per heavy atom. The Bertz CT molecular complexity index is 286. The molecule has 68 valence electrons. The van der Waals surface area contributed by atoms with Gasteiger partial charge in [0.15, 0.2) is 0 Å². The molecule has 4 N–H and O–H groups in total. The standard InChI is InChI=1S/C7H9BN2O3/c11-8(12)7-3-1-6(2-4-7)5-9-10-13/h1-5,10-13H. The lowest BCUT2D eigenvalue weighted by Crippen LogP contribution is -2.29. The zero-order chi connectivity index (χ0) is 9.68. The maximum Gasteiger partial charge on any atom is 0.488 e. The summed E-state index contributed by atoms with van der Waals surface area (Å²) in [7, 11) is -1.46. The predicted octanol–water partition coefficient (Wildman–Crippen LogP) is -1.32. The number of nitrogens with zero attached hydrogens (tertiary/aromatic N) is 1. The van der Waals surface area contributed by atoms with Crippen LogP contribution in [0.2, 0.25) is 0 Å². The molecule has 1 aromatic rings. The highest BCUT2D eigenvalue weighted by molar-refractivity contribution is 6.58. The van der Waals surface area contributed by atoms with Gasteiger partial charge in [-0.1, -0.05) is 24.3 Å². The second kappa shape index (κ2) is 4.61. The Morgan fingerprint density at radius 1 is 1.23 bits per heavy atom. The summed E-state index contributed by atoms with van der Waals surface area (Å²) in [5.41, 5.74) is 2.78. The van der Waals surface area contributed by atoms with Crippen LogP contribution in [0.15, 0.2) is 29.4 Å². The van der Waals surface area contributed by atoms with E-state index in [9.17, 15) is 0 Å². The maximum atomic E-state index is 8.76. The highest BCUT2D eigenvalue weighted by atomic mass is 16.5. The van der Waals surface area contributed by atoms with Crippen molar-refractivity contribution >= 4 is 18.8 Å². The molecule has 0 aliphatic heterocycles. The first-order chi connectivity index (χ1) is 6.24. The summed E-state index contributed by atoms with van der Waals surface area (Å²) >= 11 is 0. The second-order valence-corrected chi connectivity index (χ2v) is 2.40. The van der Waals surface area contributed by atoms with E-state index in [2.05, 4.69) is 5.10 Å². The molecule has 6 heteroatoms. The van der Waals surface area contributed by atoms with Crippen LogP contribution >= 0.6 is 0 Å². The summed E-state index contributed by atoms with van der Waals surface area (Å²) in [5.74, 6) is 0. The van der Waals surface area contributed by atoms with E-state index in [1.165, 1.54) is 6.21 Å². The molecule has 0 aromatic heterocycles. The molecule has 0 heterocycles. The van der Waals surface area contributed by atoms with Crippen LogP contribution in [0, 0.1) is 0 Å². The minimum atomic E-state index is -1.46. The average molecular weight is 180 g/mol. The third kappa shape index (κ3) is 2.87. The summed E-state index contributed by atoms with van der Waals surface area (Å²) in [6.45, 7) is 0. The average Bonchev–Trinajstić information content (AvgIpc) is 2.15. The summed E-state index contributed by atoms with van der Waals surface area (Å²) in [6.07, 6.45) is 1.40. The van der Waals surface area contributed by atoms with Gasteiger partial charge in [0.05, 0.1) is 6.21 Å². The monoisotopic (exact) mass is 180 g/mol. The molecule has 0 saturated carbocycles. The summed E-state index contributed by atoms with van der Waals surface area (Å²) in [6, 6.07) is 6.41. The Labute approximate surface area is 75.4 Å². The van der Waals surface area contributed by atoms with Gasteiger partial charge in [0, 0.05) is 0 Å². The number of hydrogen-bond donors (Lipinski definition) is 4. The Hall–Kier alpha value is -1.37. The van der Waals surface area contributed by atoms with Gasteiger partial charge in [0.2, 0.25) is 0 Å². The third-order valence-electron chi connectivity index (χ3n) is 1.51. The van der Waals surface area contributed by atoms with Gasteiger partial charge in [-0.25, -0.2) is 0 Å². The van der Waals surface area contributed by atoms with Gasteiger partial charge in [0.1, 0.15) is 0 Å². The van der Waals surface area contributed by atoms with Crippen molar-refractivity contribution in [3.8, 4) is 0 Å². The maximum absolute atomic E-state index is 8.76. The molecule has 0 aliphatic rings. The van der Waals surface area contributed by atoms with Crippen molar-refractivity contribution in [1.29, 1.82) is 0 Å². The van der Waals surface area contributed by atoms with Crippen LogP contribution in [0.5, 0.6) is 0 Å². The molecule has 0 atom stereocenters. The molecule has 0 fully saturated rings. The van der Waals surface area contributed by atoms with Gasteiger partial charge in [-0.15, -0.1) is 0 Å². The summed E-state index contributed by atoms with van der Waals surface area (Å²) in [5, 5.41) is 29.0. The Balaban J connectivity index is 2.75. The van der Waals surface area contributed by atoms with Crippen LogP contribution in [-0.2, 0) is 0 Å². The van der Waals surface area contributed by atoms with Crippen LogP contribution in [0.1, 0.15) is 5.56 Å². The molecule has 0 radical (unpaired) electrons. The normalized spacial score (nSPS) is 10.4. The van der Waals surface area contributed by atoms with E-state index in [1.54, 1.807) is 29.9 Å². The lowest BCUT2D eigenvalue weighted by molar-refractivity contribution is 0.173. The van der Waals surface area contributed by atoms with Gasteiger partial charge in [0.25, 0.3) is 0 Å². The minimum Gasteiger partial charge on any atom is -0.423 e.